The molecule has 1 fully saturated rings. The van der Waals surface area contributed by atoms with Crippen LogP contribution in [0.5, 0.6) is 5.75 Å². The fourth-order valence-electron chi connectivity index (χ4n) is 3.39. The summed E-state index contributed by atoms with van der Waals surface area (Å²) in [5.41, 5.74) is 1.33. The molecule has 0 spiro atoms. The fraction of sp³-hybridized carbons (Fsp3) is 0.375. The van der Waals surface area contributed by atoms with E-state index in [1.807, 2.05) is 24.3 Å². The molecule has 5 nitrogen and oxygen atoms in total. The van der Waals surface area contributed by atoms with Gasteiger partial charge < -0.3 is 14.8 Å². The van der Waals surface area contributed by atoms with Gasteiger partial charge in [0.15, 0.2) is 0 Å². The first-order valence-corrected chi connectivity index (χ1v) is 10.3. The van der Waals surface area contributed by atoms with Crippen LogP contribution >= 0.6 is 0 Å². The summed E-state index contributed by atoms with van der Waals surface area (Å²) in [6.07, 6.45) is 4.94. The van der Waals surface area contributed by atoms with Gasteiger partial charge in [0.2, 0.25) is 5.91 Å². The highest BCUT2D eigenvalue weighted by atomic mass is 19.1. The van der Waals surface area contributed by atoms with Crippen LogP contribution in [0.15, 0.2) is 54.6 Å². The first kappa shape index (κ1) is 22.0. The predicted molar refractivity (Wildman–Crippen MR) is 116 cm³/mol. The molecule has 1 heterocycles. The van der Waals surface area contributed by atoms with Gasteiger partial charge in [-0.05, 0) is 49.7 Å². The van der Waals surface area contributed by atoms with Crippen LogP contribution in [0.2, 0.25) is 0 Å². The Hall–Kier alpha value is -2.70. The molecular formula is C24H29FN2O3. The van der Waals surface area contributed by atoms with Crippen LogP contribution in [0, 0.1) is 5.82 Å². The molecule has 1 aliphatic heterocycles. The number of carbonyl (C=O) groups is 1. The number of hydrogen-bond acceptors (Lipinski definition) is 4. The molecule has 1 aliphatic rings. The van der Waals surface area contributed by atoms with Gasteiger partial charge in [-0.3, -0.25) is 9.69 Å². The maximum atomic E-state index is 13.6. The lowest BCUT2D eigenvalue weighted by Crippen LogP contribution is -2.38. The zero-order valence-corrected chi connectivity index (χ0v) is 17.4. The standard InChI is InChI=1S/C24H29FN2O3/c1-27(21-11-14-29-15-12-21)13-16-30-22-7-4-5-19(17-22)18-26-24(28)10-9-20-6-2-3-8-23(20)25/h2-10,17,21H,11-16,18H2,1H3,(H,26,28)/b10-9+. The zero-order valence-electron chi connectivity index (χ0n) is 17.4. The number of carbonyl (C=O) groups excluding carboxylic acids is 1. The number of hydrogen-bond donors (Lipinski definition) is 1. The topological polar surface area (TPSA) is 50.8 Å². The van der Waals surface area contributed by atoms with E-state index in [2.05, 4.69) is 17.3 Å². The SMILES string of the molecule is CN(CCOc1cccc(CNC(=O)/C=C/c2ccccc2F)c1)C1CCOCC1. The van der Waals surface area contributed by atoms with Crippen molar-refractivity contribution in [1.29, 1.82) is 0 Å². The maximum Gasteiger partial charge on any atom is 0.244 e. The van der Waals surface area contributed by atoms with E-state index in [-0.39, 0.29) is 11.7 Å². The van der Waals surface area contributed by atoms with Crippen LogP contribution in [0.25, 0.3) is 6.08 Å². The van der Waals surface area contributed by atoms with E-state index < -0.39 is 0 Å². The Bertz CT molecular complexity index is 850. The average Bonchev–Trinajstić information content (AvgIpc) is 2.78. The van der Waals surface area contributed by atoms with Gasteiger partial charge in [-0.2, -0.15) is 0 Å². The van der Waals surface area contributed by atoms with Gasteiger partial charge in [0.1, 0.15) is 18.2 Å². The second-order valence-electron chi connectivity index (χ2n) is 7.39. The van der Waals surface area contributed by atoms with Gasteiger partial charge >= 0.3 is 0 Å². The summed E-state index contributed by atoms with van der Waals surface area (Å²) in [6.45, 7) is 3.50. The molecule has 0 aromatic heterocycles. The van der Waals surface area contributed by atoms with Gasteiger partial charge in [0.05, 0.1) is 0 Å². The summed E-state index contributed by atoms with van der Waals surface area (Å²) in [4.78, 5) is 14.3. The normalized spacial score (nSPS) is 14.9. The zero-order chi connectivity index (χ0) is 21.2. The van der Waals surface area contributed by atoms with Crippen LogP contribution in [0.3, 0.4) is 0 Å². The van der Waals surface area contributed by atoms with Gasteiger partial charge in [-0.1, -0.05) is 30.3 Å². The Balaban J connectivity index is 1.42. The number of halogens is 1. The summed E-state index contributed by atoms with van der Waals surface area (Å²) in [7, 11) is 2.13. The van der Waals surface area contributed by atoms with E-state index >= 15 is 0 Å². The number of likely N-dealkylation sites (N-methyl/N-ethyl adjacent to an activating group) is 1. The molecule has 6 heteroatoms. The second-order valence-corrected chi connectivity index (χ2v) is 7.39. The molecule has 2 aromatic carbocycles. The minimum absolute atomic E-state index is 0.275. The highest BCUT2D eigenvalue weighted by molar-refractivity contribution is 5.91. The van der Waals surface area contributed by atoms with E-state index in [1.165, 1.54) is 18.2 Å². The smallest absolute Gasteiger partial charge is 0.244 e. The fourth-order valence-corrected chi connectivity index (χ4v) is 3.39. The number of nitrogens with zero attached hydrogens (tertiary/aromatic N) is 1. The number of benzene rings is 2. The van der Waals surface area contributed by atoms with Gasteiger partial charge in [0, 0.05) is 44.0 Å². The molecule has 1 N–H and O–H groups in total. The number of ether oxygens (including phenoxy) is 2. The molecule has 0 unspecified atom stereocenters. The summed E-state index contributed by atoms with van der Waals surface area (Å²) >= 11 is 0. The summed E-state index contributed by atoms with van der Waals surface area (Å²) in [5.74, 6) is 0.153. The summed E-state index contributed by atoms with van der Waals surface area (Å²) < 4.78 is 24.9. The highest BCUT2D eigenvalue weighted by Gasteiger charge is 2.17. The summed E-state index contributed by atoms with van der Waals surface area (Å²) in [6, 6.07) is 14.6. The molecule has 2 aromatic rings. The molecule has 30 heavy (non-hydrogen) atoms. The Morgan fingerprint density at radius 1 is 1.23 bits per heavy atom. The van der Waals surface area contributed by atoms with E-state index in [9.17, 15) is 9.18 Å². The second kappa shape index (κ2) is 11.5. The minimum atomic E-state index is -0.353. The third-order valence-corrected chi connectivity index (χ3v) is 5.21. The van der Waals surface area contributed by atoms with E-state index in [1.54, 1.807) is 18.2 Å². The molecule has 0 bridgehead atoms. The Kier molecular flexibility index (Phi) is 8.41. The van der Waals surface area contributed by atoms with Crippen LogP contribution in [-0.2, 0) is 16.1 Å². The van der Waals surface area contributed by atoms with Gasteiger partial charge in [-0.25, -0.2) is 4.39 Å². The van der Waals surface area contributed by atoms with Gasteiger partial charge in [-0.15, -0.1) is 0 Å². The third kappa shape index (κ3) is 6.97. The lowest BCUT2D eigenvalue weighted by molar-refractivity contribution is -0.116. The monoisotopic (exact) mass is 412 g/mol. The Labute approximate surface area is 177 Å². The highest BCUT2D eigenvalue weighted by Crippen LogP contribution is 2.15. The van der Waals surface area contributed by atoms with Crippen molar-refractivity contribution in [2.75, 3.05) is 33.4 Å². The minimum Gasteiger partial charge on any atom is -0.492 e. The van der Waals surface area contributed by atoms with E-state index in [0.29, 0.717) is 24.8 Å². The predicted octanol–water partition coefficient (Wildman–Crippen LogP) is 3.64. The first-order valence-electron chi connectivity index (χ1n) is 10.3. The van der Waals surface area contributed by atoms with Crippen molar-refractivity contribution < 1.29 is 18.7 Å². The molecule has 0 aliphatic carbocycles. The van der Waals surface area contributed by atoms with Gasteiger partial charge in [0.25, 0.3) is 0 Å². The maximum absolute atomic E-state index is 13.6. The Morgan fingerprint density at radius 3 is 2.83 bits per heavy atom. The van der Waals surface area contributed by atoms with Crippen LogP contribution in [0.1, 0.15) is 24.0 Å². The number of amides is 1. The largest absolute Gasteiger partial charge is 0.492 e. The quantitative estimate of drug-likeness (QED) is 0.639. The van der Waals surface area contributed by atoms with E-state index in [4.69, 9.17) is 9.47 Å². The molecule has 1 amide bonds. The van der Waals surface area contributed by atoms with Crippen molar-refractivity contribution in [1.82, 2.24) is 10.2 Å². The van der Waals surface area contributed by atoms with Crippen LogP contribution < -0.4 is 10.1 Å². The van der Waals surface area contributed by atoms with Crippen molar-refractivity contribution in [2.24, 2.45) is 0 Å². The average molecular weight is 413 g/mol. The molecule has 0 atom stereocenters. The van der Waals surface area contributed by atoms with Crippen molar-refractivity contribution >= 4 is 12.0 Å². The van der Waals surface area contributed by atoms with E-state index in [0.717, 1.165) is 43.9 Å². The van der Waals surface area contributed by atoms with Crippen molar-refractivity contribution in [3.05, 3.63) is 71.6 Å². The number of nitrogens with one attached hydrogen (secondary N) is 1. The van der Waals surface area contributed by atoms with Crippen LogP contribution in [0.4, 0.5) is 4.39 Å². The lowest BCUT2D eigenvalue weighted by atomic mass is 10.1. The third-order valence-electron chi connectivity index (χ3n) is 5.21. The number of rotatable bonds is 9. The first-order chi connectivity index (χ1) is 14.6. The van der Waals surface area contributed by atoms with Crippen molar-refractivity contribution in [2.45, 2.75) is 25.4 Å². The van der Waals surface area contributed by atoms with Crippen molar-refractivity contribution in [3.63, 3.8) is 0 Å². The molecular weight excluding hydrogens is 383 g/mol. The molecule has 1 saturated heterocycles. The molecule has 3 rings (SSSR count). The molecule has 0 radical (unpaired) electrons. The van der Waals surface area contributed by atoms with Crippen molar-refractivity contribution in [3.8, 4) is 5.75 Å². The summed E-state index contributed by atoms with van der Waals surface area (Å²) in [5, 5.41) is 2.81. The van der Waals surface area contributed by atoms with Crippen LogP contribution in [-0.4, -0.2) is 50.3 Å². The Morgan fingerprint density at radius 2 is 2.03 bits per heavy atom. The molecule has 0 saturated carbocycles. The molecule has 160 valence electrons. The lowest BCUT2D eigenvalue weighted by Gasteiger charge is -2.31.